The molecule has 0 aliphatic rings. The Bertz CT molecular complexity index is 1580. The molecule has 0 fully saturated rings. The van der Waals surface area contributed by atoms with E-state index in [0.29, 0.717) is 44.8 Å². The van der Waals surface area contributed by atoms with Crippen molar-refractivity contribution in [2.45, 2.75) is 0 Å². The Morgan fingerprint density at radius 3 is 2.56 bits per heavy atom. The molecule has 0 unspecified atom stereocenters. The maximum Gasteiger partial charge on any atom is 0.230 e. The molecule has 0 atom stereocenters. The van der Waals surface area contributed by atoms with Gasteiger partial charge in [-0.1, -0.05) is 0 Å². The molecule has 0 radical (unpaired) electrons. The summed E-state index contributed by atoms with van der Waals surface area (Å²) in [4.78, 5) is 27.9. The minimum atomic E-state index is -0.633. The number of fused-ring (bicyclic) bond motifs is 2. The lowest BCUT2D eigenvalue weighted by Gasteiger charge is -2.13. The second kappa shape index (κ2) is 8.66. The summed E-state index contributed by atoms with van der Waals surface area (Å²) in [6, 6.07) is 10.8. The summed E-state index contributed by atoms with van der Waals surface area (Å²) in [6.07, 6.45) is 4.43. The number of aromatic nitrogens is 4. The average molecular weight is 459 g/mol. The minimum Gasteiger partial charge on any atom is -0.493 e. The van der Waals surface area contributed by atoms with Gasteiger partial charge in [0, 0.05) is 36.3 Å². The van der Waals surface area contributed by atoms with Crippen LogP contribution in [0.25, 0.3) is 21.8 Å². The Morgan fingerprint density at radius 1 is 0.941 bits per heavy atom. The Hall–Kier alpha value is -4.73. The van der Waals surface area contributed by atoms with Crippen molar-refractivity contribution >= 4 is 33.3 Å². The van der Waals surface area contributed by atoms with Crippen molar-refractivity contribution in [1.29, 1.82) is 0 Å². The molecule has 3 heterocycles. The number of nitrogens with one attached hydrogen (secondary N) is 2. The summed E-state index contributed by atoms with van der Waals surface area (Å²) in [7, 11) is 3.04. The maximum absolute atomic E-state index is 15.0. The van der Waals surface area contributed by atoms with Crippen LogP contribution in [0.4, 0.5) is 15.9 Å². The number of H-pyrrole nitrogens is 1. The molecule has 0 saturated heterocycles. The summed E-state index contributed by atoms with van der Waals surface area (Å²) in [5, 5.41) is 3.90. The molecule has 0 saturated carbocycles. The van der Waals surface area contributed by atoms with Gasteiger partial charge >= 0.3 is 0 Å². The van der Waals surface area contributed by atoms with Gasteiger partial charge in [0.25, 0.3) is 0 Å². The van der Waals surface area contributed by atoms with Crippen molar-refractivity contribution in [1.82, 2.24) is 19.9 Å². The first kappa shape index (κ1) is 21.1. The van der Waals surface area contributed by atoms with Gasteiger partial charge in [-0.3, -0.25) is 4.79 Å². The molecule has 5 aromatic rings. The molecule has 0 amide bonds. The monoisotopic (exact) mass is 459 g/mol. The first-order valence-electron chi connectivity index (χ1n) is 10.1. The second-order valence-corrected chi connectivity index (χ2v) is 7.20. The summed E-state index contributed by atoms with van der Waals surface area (Å²) >= 11 is 0. The molecule has 0 spiro atoms. The zero-order chi connectivity index (χ0) is 23.7. The van der Waals surface area contributed by atoms with Crippen LogP contribution in [0.15, 0.2) is 66.0 Å². The summed E-state index contributed by atoms with van der Waals surface area (Å²) in [5.74, 6) is 0.771. The van der Waals surface area contributed by atoms with Gasteiger partial charge in [-0.25, -0.2) is 19.3 Å². The first-order chi connectivity index (χ1) is 16.6. The Kier molecular flexibility index (Phi) is 5.38. The fourth-order valence-corrected chi connectivity index (χ4v) is 3.56. The normalized spacial score (nSPS) is 10.9. The zero-order valence-electron chi connectivity index (χ0n) is 18.1. The standard InChI is InChI=1S/C24H18FN5O4/c1-32-20-10-14-17(11-21(20)33-2)28-12-29-24(14)34-19-4-3-13(9-15(19)25)30-23-22-16(5-7-27-23)26-8-6-18(22)31/h3-12H,1-2H3,(H,26,31)(H,27,30). The van der Waals surface area contributed by atoms with Gasteiger partial charge < -0.3 is 24.5 Å². The van der Waals surface area contributed by atoms with Crippen LogP contribution in [-0.4, -0.2) is 34.2 Å². The van der Waals surface area contributed by atoms with Crippen LogP contribution in [0.2, 0.25) is 0 Å². The summed E-state index contributed by atoms with van der Waals surface area (Å²) in [6.45, 7) is 0. The fraction of sp³-hybridized carbons (Fsp3) is 0.0833. The van der Waals surface area contributed by atoms with Gasteiger partial charge in [0.1, 0.15) is 12.1 Å². The molecular formula is C24H18FN5O4. The molecule has 2 N–H and O–H groups in total. The maximum atomic E-state index is 15.0. The van der Waals surface area contributed by atoms with Crippen molar-refractivity contribution in [3.05, 3.63) is 77.2 Å². The SMILES string of the molecule is COc1cc2ncnc(Oc3ccc(Nc4nccc5[nH]ccc(=O)c45)cc3F)c2cc1OC. The van der Waals surface area contributed by atoms with Crippen LogP contribution >= 0.6 is 0 Å². The highest BCUT2D eigenvalue weighted by atomic mass is 19.1. The van der Waals surface area contributed by atoms with Gasteiger partial charge in [-0.15, -0.1) is 0 Å². The highest BCUT2D eigenvalue weighted by molar-refractivity contribution is 5.90. The smallest absolute Gasteiger partial charge is 0.230 e. The number of aromatic amines is 1. The molecule has 0 aliphatic heterocycles. The Balaban J connectivity index is 1.47. The van der Waals surface area contributed by atoms with Crippen molar-refractivity contribution < 1.29 is 18.6 Å². The number of ether oxygens (including phenoxy) is 3. The molecule has 3 aromatic heterocycles. The third-order valence-corrected chi connectivity index (χ3v) is 5.18. The number of nitrogens with zero attached hydrogens (tertiary/aromatic N) is 3. The van der Waals surface area contributed by atoms with Crippen molar-refractivity contribution in [3.63, 3.8) is 0 Å². The van der Waals surface area contributed by atoms with E-state index in [1.807, 2.05) is 0 Å². The molecular weight excluding hydrogens is 441 g/mol. The summed E-state index contributed by atoms with van der Waals surface area (Å²) in [5.41, 5.74) is 1.36. The number of pyridine rings is 2. The van der Waals surface area contributed by atoms with Gasteiger partial charge in [0.05, 0.1) is 36.0 Å². The first-order valence-corrected chi connectivity index (χ1v) is 10.1. The van der Waals surface area contributed by atoms with E-state index in [0.717, 1.165) is 0 Å². The zero-order valence-corrected chi connectivity index (χ0v) is 18.1. The van der Waals surface area contributed by atoms with Crippen molar-refractivity contribution in [2.75, 3.05) is 19.5 Å². The van der Waals surface area contributed by atoms with E-state index < -0.39 is 5.82 Å². The number of hydrogen-bond acceptors (Lipinski definition) is 8. The molecule has 34 heavy (non-hydrogen) atoms. The van der Waals surface area contributed by atoms with Crippen molar-refractivity contribution in [2.24, 2.45) is 0 Å². The Morgan fingerprint density at radius 2 is 1.76 bits per heavy atom. The molecule has 9 nitrogen and oxygen atoms in total. The van der Waals surface area contributed by atoms with E-state index in [1.54, 1.807) is 36.7 Å². The Labute approximate surface area is 192 Å². The van der Waals surface area contributed by atoms with Gasteiger partial charge in [0.2, 0.25) is 5.88 Å². The highest BCUT2D eigenvalue weighted by Gasteiger charge is 2.15. The number of hydrogen-bond donors (Lipinski definition) is 2. The quantitative estimate of drug-likeness (QED) is 0.380. The fourth-order valence-electron chi connectivity index (χ4n) is 3.56. The number of rotatable bonds is 6. The number of halogens is 1. The van der Waals surface area contributed by atoms with E-state index in [4.69, 9.17) is 14.2 Å². The van der Waals surface area contributed by atoms with E-state index in [2.05, 4.69) is 25.3 Å². The van der Waals surface area contributed by atoms with E-state index in [9.17, 15) is 9.18 Å². The van der Waals surface area contributed by atoms with Crippen LogP contribution in [0.1, 0.15) is 0 Å². The van der Waals surface area contributed by atoms with E-state index in [-0.39, 0.29) is 17.1 Å². The predicted molar refractivity (Wildman–Crippen MR) is 125 cm³/mol. The lowest BCUT2D eigenvalue weighted by molar-refractivity contribution is 0.355. The average Bonchev–Trinajstić information content (AvgIpc) is 2.85. The van der Waals surface area contributed by atoms with Crippen LogP contribution in [0, 0.1) is 5.82 Å². The lowest BCUT2D eigenvalue weighted by Crippen LogP contribution is -2.05. The van der Waals surface area contributed by atoms with Crippen LogP contribution < -0.4 is 25.0 Å². The summed E-state index contributed by atoms with van der Waals surface area (Å²) < 4.78 is 31.4. The number of methoxy groups -OCH3 is 2. The third-order valence-electron chi connectivity index (χ3n) is 5.18. The second-order valence-electron chi connectivity index (χ2n) is 7.20. The van der Waals surface area contributed by atoms with E-state index in [1.165, 1.54) is 38.7 Å². The lowest BCUT2D eigenvalue weighted by atomic mass is 10.2. The topological polar surface area (TPSA) is 111 Å². The molecule has 0 aliphatic carbocycles. The van der Waals surface area contributed by atoms with Gasteiger partial charge in [-0.05, 0) is 24.3 Å². The molecule has 2 aromatic carbocycles. The molecule has 5 rings (SSSR count). The molecule has 0 bridgehead atoms. The van der Waals surface area contributed by atoms with Crippen LogP contribution in [0.5, 0.6) is 23.1 Å². The largest absolute Gasteiger partial charge is 0.493 e. The van der Waals surface area contributed by atoms with Crippen LogP contribution in [0.3, 0.4) is 0 Å². The van der Waals surface area contributed by atoms with Crippen molar-refractivity contribution in [3.8, 4) is 23.1 Å². The van der Waals surface area contributed by atoms with E-state index >= 15 is 0 Å². The highest BCUT2D eigenvalue weighted by Crippen LogP contribution is 2.36. The predicted octanol–water partition coefficient (Wildman–Crippen LogP) is 4.56. The minimum absolute atomic E-state index is 0.0379. The van der Waals surface area contributed by atoms with Gasteiger partial charge in [-0.2, -0.15) is 0 Å². The molecule has 10 heteroatoms. The number of benzene rings is 2. The third kappa shape index (κ3) is 3.81. The van der Waals surface area contributed by atoms with Crippen LogP contribution in [-0.2, 0) is 0 Å². The number of anilines is 2. The van der Waals surface area contributed by atoms with Gasteiger partial charge in [0.15, 0.2) is 28.5 Å². The molecule has 170 valence electrons.